The van der Waals surface area contributed by atoms with E-state index < -0.39 is 11.6 Å². The van der Waals surface area contributed by atoms with Gasteiger partial charge in [0, 0.05) is 0 Å². The first-order chi connectivity index (χ1) is 9.04. The van der Waals surface area contributed by atoms with Gasteiger partial charge >= 0.3 is 0 Å². The summed E-state index contributed by atoms with van der Waals surface area (Å²) in [5, 5.41) is 3.00. The first-order valence-electron chi connectivity index (χ1n) is 5.60. The zero-order chi connectivity index (χ0) is 14.0. The van der Waals surface area contributed by atoms with Gasteiger partial charge in [-0.3, -0.25) is 0 Å². The predicted molar refractivity (Wildman–Crippen MR) is 71.4 cm³/mol. The van der Waals surface area contributed by atoms with Crippen LogP contribution in [0.4, 0.5) is 13.2 Å². The molecule has 0 radical (unpaired) electrons. The highest BCUT2D eigenvalue weighted by atomic mass is 79.9. The van der Waals surface area contributed by atoms with Crippen LogP contribution in [0, 0.1) is 17.5 Å². The van der Waals surface area contributed by atoms with Crippen LogP contribution in [0.3, 0.4) is 0 Å². The first-order valence-corrected chi connectivity index (χ1v) is 6.40. The maximum absolute atomic E-state index is 13.6. The molecule has 0 aromatic heterocycles. The fourth-order valence-corrected chi connectivity index (χ4v) is 2.47. The summed E-state index contributed by atoms with van der Waals surface area (Å²) in [6, 6.07) is 8.07. The van der Waals surface area contributed by atoms with Crippen molar-refractivity contribution in [1.29, 1.82) is 0 Å². The van der Waals surface area contributed by atoms with Gasteiger partial charge in [0.05, 0.1) is 10.5 Å². The van der Waals surface area contributed by atoms with Crippen molar-refractivity contribution in [3.8, 4) is 0 Å². The third-order valence-electron chi connectivity index (χ3n) is 2.87. The van der Waals surface area contributed by atoms with Gasteiger partial charge in [-0.2, -0.15) is 0 Å². The van der Waals surface area contributed by atoms with Crippen molar-refractivity contribution < 1.29 is 13.2 Å². The lowest BCUT2D eigenvalue weighted by Crippen LogP contribution is -2.18. The Hall–Kier alpha value is -1.33. The van der Waals surface area contributed by atoms with Gasteiger partial charge in [-0.1, -0.05) is 18.2 Å². The third-order valence-corrected chi connectivity index (χ3v) is 3.67. The molecule has 0 aliphatic heterocycles. The summed E-state index contributed by atoms with van der Waals surface area (Å²) in [5.74, 6) is -2.19. The highest BCUT2D eigenvalue weighted by Crippen LogP contribution is 2.31. The number of hydrogen-bond acceptors (Lipinski definition) is 1. The van der Waals surface area contributed by atoms with Crippen LogP contribution in [0.5, 0.6) is 0 Å². The van der Waals surface area contributed by atoms with E-state index in [9.17, 15) is 13.2 Å². The molecule has 100 valence electrons. The van der Waals surface area contributed by atoms with Crippen LogP contribution in [0.25, 0.3) is 0 Å². The van der Waals surface area contributed by atoms with Crippen molar-refractivity contribution in [3.05, 3.63) is 69.4 Å². The molecule has 1 unspecified atom stereocenters. The Labute approximate surface area is 117 Å². The molecule has 0 saturated carbocycles. The summed E-state index contributed by atoms with van der Waals surface area (Å²) in [6.07, 6.45) is 0. The summed E-state index contributed by atoms with van der Waals surface area (Å²) in [6.45, 7) is 0. The highest BCUT2D eigenvalue weighted by molar-refractivity contribution is 9.10. The van der Waals surface area contributed by atoms with Gasteiger partial charge in [-0.15, -0.1) is 0 Å². The molecule has 1 nitrogen and oxygen atoms in total. The minimum Gasteiger partial charge on any atom is -0.309 e. The van der Waals surface area contributed by atoms with Crippen LogP contribution in [0.15, 0.2) is 40.9 Å². The van der Waals surface area contributed by atoms with Gasteiger partial charge in [-0.05, 0) is 52.3 Å². The topological polar surface area (TPSA) is 12.0 Å². The van der Waals surface area contributed by atoms with Crippen molar-refractivity contribution in [1.82, 2.24) is 5.32 Å². The lowest BCUT2D eigenvalue weighted by molar-refractivity contribution is 0.499. The van der Waals surface area contributed by atoms with Crippen LogP contribution in [0.1, 0.15) is 17.2 Å². The molecule has 2 rings (SSSR count). The smallest absolute Gasteiger partial charge is 0.173 e. The summed E-state index contributed by atoms with van der Waals surface area (Å²) in [4.78, 5) is 0. The molecule has 2 aromatic carbocycles. The second-order valence-electron chi connectivity index (χ2n) is 4.04. The van der Waals surface area contributed by atoms with Crippen LogP contribution in [0.2, 0.25) is 0 Å². The lowest BCUT2D eigenvalue weighted by atomic mass is 9.98. The molecule has 0 aliphatic carbocycles. The molecule has 0 heterocycles. The number of halogens is 4. The van der Waals surface area contributed by atoms with Crippen LogP contribution in [-0.4, -0.2) is 7.05 Å². The van der Waals surface area contributed by atoms with Crippen molar-refractivity contribution in [2.75, 3.05) is 7.05 Å². The standard InChI is InChI=1S/C14H11BrF3N/c1-19-14(8-2-4-9(16)5-3-8)10-6-7-11(17)13(18)12(10)15/h2-7,14,19H,1H3. The van der Waals surface area contributed by atoms with E-state index in [-0.39, 0.29) is 16.3 Å². The molecular formula is C14H11BrF3N. The van der Waals surface area contributed by atoms with E-state index in [4.69, 9.17) is 0 Å². The molecule has 0 aliphatic rings. The summed E-state index contributed by atoms with van der Waals surface area (Å²) >= 11 is 3.06. The largest absolute Gasteiger partial charge is 0.309 e. The molecular weight excluding hydrogens is 319 g/mol. The fourth-order valence-electron chi connectivity index (χ4n) is 1.92. The molecule has 19 heavy (non-hydrogen) atoms. The predicted octanol–water partition coefficient (Wildman–Crippen LogP) is 4.18. The van der Waals surface area contributed by atoms with E-state index in [0.717, 1.165) is 11.6 Å². The summed E-state index contributed by atoms with van der Waals surface area (Å²) in [5.41, 5.74) is 1.31. The average molecular weight is 330 g/mol. The minimum absolute atomic E-state index is 0.0659. The van der Waals surface area contributed by atoms with Crippen molar-refractivity contribution >= 4 is 15.9 Å². The van der Waals surface area contributed by atoms with Crippen LogP contribution < -0.4 is 5.32 Å². The Kier molecular flexibility index (Phi) is 4.27. The molecule has 0 fully saturated rings. The normalized spacial score (nSPS) is 12.5. The van der Waals surface area contributed by atoms with Crippen molar-refractivity contribution in [2.24, 2.45) is 0 Å². The zero-order valence-electron chi connectivity index (χ0n) is 10.1. The van der Waals surface area contributed by atoms with Gasteiger partial charge in [0.2, 0.25) is 0 Å². The quantitative estimate of drug-likeness (QED) is 0.833. The molecule has 1 atom stereocenters. The van der Waals surface area contributed by atoms with Gasteiger partial charge in [0.25, 0.3) is 0 Å². The zero-order valence-corrected chi connectivity index (χ0v) is 11.6. The Morgan fingerprint density at radius 1 is 1.00 bits per heavy atom. The van der Waals surface area contributed by atoms with Crippen molar-refractivity contribution in [3.63, 3.8) is 0 Å². The van der Waals surface area contributed by atoms with E-state index in [1.807, 2.05) is 0 Å². The van der Waals surface area contributed by atoms with Crippen molar-refractivity contribution in [2.45, 2.75) is 6.04 Å². The molecule has 0 saturated heterocycles. The highest BCUT2D eigenvalue weighted by Gasteiger charge is 2.19. The van der Waals surface area contributed by atoms with Gasteiger partial charge in [0.1, 0.15) is 5.82 Å². The number of hydrogen-bond donors (Lipinski definition) is 1. The molecule has 0 amide bonds. The van der Waals surface area contributed by atoms with E-state index in [2.05, 4.69) is 21.2 Å². The molecule has 0 spiro atoms. The minimum atomic E-state index is -0.931. The second-order valence-corrected chi connectivity index (χ2v) is 4.83. The number of benzene rings is 2. The lowest BCUT2D eigenvalue weighted by Gasteiger charge is -2.19. The summed E-state index contributed by atoms with van der Waals surface area (Å²) < 4.78 is 39.6. The Bertz CT molecular complexity index is 584. The monoisotopic (exact) mass is 329 g/mol. The summed E-state index contributed by atoms with van der Waals surface area (Å²) in [7, 11) is 1.70. The van der Waals surface area contributed by atoms with E-state index in [1.54, 1.807) is 19.2 Å². The Balaban J connectivity index is 2.48. The molecule has 0 bridgehead atoms. The maximum Gasteiger partial charge on any atom is 0.173 e. The Morgan fingerprint density at radius 3 is 2.21 bits per heavy atom. The Morgan fingerprint density at radius 2 is 1.63 bits per heavy atom. The van der Waals surface area contributed by atoms with E-state index in [0.29, 0.717) is 5.56 Å². The van der Waals surface area contributed by atoms with Gasteiger partial charge < -0.3 is 5.32 Å². The number of rotatable bonds is 3. The van der Waals surface area contributed by atoms with Gasteiger partial charge in [-0.25, -0.2) is 13.2 Å². The van der Waals surface area contributed by atoms with E-state index in [1.165, 1.54) is 18.2 Å². The van der Waals surface area contributed by atoms with E-state index >= 15 is 0 Å². The maximum atomic E-state index is 13.6. The molecule has 2 aromatic rings. The second kappa shape index (κ2) is 5.75. The molecule has 5 heteroatoms. The van der Waals surface area contributed by atoms with Crippen LogP contribution in [-0.2, 0) is 0 Å². The third kappa shape index (κ3) is 2.82. The SMILES string of the molecule is CNC(c1ccc(F)cc1)c1ccc(F)c(F)c1Br. The van der Waals surface area contributed by atoms with Crippen LogP contribution >= 0.6 is 15.9 Å². The number of nitrogens with one attached hydrogen (secondary N) is 1. The first kappa shape index (κ1) is 14.1. The fraction of sp³-hybridized carbons (Fsp3) is 0.143. The molecule has 1 N–H and O–H groups in total. The van der Waals surface area contributed by atoms with Gasteiger partial charge in [0.15, 0.2) is 11.6 Å². The average Bonchev–Trinajstić information content (AvgIpc) is 2.41.